The SMILES string of the molecule is CC(C)=CC1CC2(C)C(CCC3(C)C2CCC2Cc4c([nH]c5ccccc45)C23C)O1. The van der Waals surface area contributed by atoms with Crippen molar-refractivity contribution >= 4 is 10.9 Å². The Balaban J connectivity index is 1.46. The Morgan fingerprint density at radius 1 is 1.10 bits per heavy atom. The molecule has 160 valence electrons. The van der Waals surface area contributed by atoms with E-state index in [0.29, 0.717) is 23.0 Å². The number of H-pyrrole nitrogens is 1. The molecule has 4 aliphatic rings. The molecule has 2 nitrogen and oxygen atoms in total. The normalized spacial score (nSPS) is 44.3. The van der Waals surface area contributed by atoms with Crippen molar-refractivity contribution in [3.05, 3.63) is 47.2 Å². The average molecular weight is 404 g/mol. The summed E-state index contributed by atoms with van der Waals surface area (Å²) in [5.74, 6) is 1.51. The Bertz CT molecular complexity index is 1040. The minimum atomic E-state index is 0.243. The third-order valence-electron chi connectivity index (χ3n) is 10.3. The zero-order valence-electron chi connectivity index (χ0n) is 19.3. The molecule has 1 saturated heterocycles. The summed E-state index contributed by atoms with van der Waals surface area (Å²) in [5, 5.41) is 1.47. The van der Waals surface area contributed by atoms with Gasteiger partial charge in [-0.3, -0.25) is 0 Å². The molecule has 0 bridgehead atoms. The summed E-state index contributed by atoms with van der Waals surface area (Å²) in [6, 6.07) is 8.97. The first-order valence-corrected chi connectivity index (χ1v) is 12.2. The summed E-state index contributed by atoms with van der Waals surface area (Å²) in [6.07, 6.45) is 10.8. The number of ether oxygens (including phenoxy) is 1. The topological polar surface area (TPSA) is 25.0 Å². The van der Waals surface area contributed by atoms with Crippen molar-refractivity contribution < 1.29 is 4.74 Å². The van der Waals surface area contributed by atoms with E-state index in [2.05, 4.69) is 69.9 Å². The number of benzene rings is 1. The van der Waals surface area contributed by atoms with Gasteiger partial charge in [-0.1, -0.05) is 50.6 Å². The van der Waals surface area contributed by atoms with Gasteiger partial charge in [0.1, 0.15) is 0 Å². The number of rotatable bonds is 1. The minimum Gasteiger partial charge on any atom is -0.370 e. The molecule has 2 heteroatoms. The maximum atomic E-state index is 6.65. The summed E-state index contributed by atoms with van der Waals surface area (Å²) in [4.78, 5) is 3.94. The number of para-hydroxylation sites is 1. The summed E-state index contributed by atoms with van der Waals surface area (Å²) >= 11 is 0. The third kappa shape index (κ3) is 2.19. The van der Waals surface area contributed by atoms with Gasteiger partial charge in [-0.25, -0.2) is 0 Å². The quantitative estimate of drug-likeness (QED) is 0.513. The first kappa shape index (κ1) is 19.2. The fraction of sp³-hybridized carbons (Fsp3) is 0.643. The van der Waals surface area contributed by atoms with Crippen LogP contribution < -0.4 is 0 Å². The Morgan fingerprint density at radius 2 is 1.90 bits per heavy atom. The molecule has 2 aromatic rings. The first-order valence-electron chi connectivity index (χ1n) is 12.2. The van der Waals surface area contributed by atoms with E-state index in [1.807, 2.05) is 0 Å². The van der Waals surface area contributed by atoms with Crippen LogP contribution in [0.5, 0.6) is 0 Å². The van der Waals surface area contributed by atoms with Gasteiger partial charge < -0.3 is 9.72 Å². The van der Waals surface area contributed by atoms with Crippen molar-refractivity contribution in [1.29, 1.82) is 0 Å². The first-order chi connectivity index (χ1) is 14.3. The molecule has 6 rings (SSSR count). The molecule has 1 aromatic heterocycles. The molecule has 2 heterocycles. The molecule has 1 aliphatic heterocycles. The monoisotopic (exact) mass is 403 g/mol. The van der Waals surface area contributed by atoms with Gasteiger partial charge in [0.15, 0.2) is 0 Å². The lowest BCUT2D eigenvalue weighted by atomic mass is 9.40. The second kappa shape index (κ2) is 6.03. The molecule has 3 aliphatic carbocycles. The van der Waals surface area contributed by atoms with Crippen LogP contribution >= 0.6 is 0 Å². The summed E-state index contributed by atoms with van der Waals surface area (Å²) in [6.45, 7) is 12.3. The lowest BCUT2D eigenvalue weighted by Crippen LogP contribution is -2.61. The number of aromatic nitrogens is 1. The van der Waals surface area contributed by atoms with Crippen LogP contribution in [0.2, 0.25) is 0 Å². The van der Waals surface area contributed by atoms with Crippen LogP contribution in [0.3, 0.4) is 0 Å². The van der Waals surface area contributed by atoms with E-state index in [1.54, 1.807) is 11.3 Å². The van der Waals surface area contributed by atoms with Crippen molar-refractivity contribution in [3.8, 4) is 0 Å². The number of hydrogen-bond donors (Lipinski definition) is 1. The largest absolute Gasteiger partial charge is 0.370 e. The van der Waals surface area contributed by atoms with E-state index < -0.39 is 0 Å². The lowest BCUT2D eigenvalue weighted by molar-refractivity contribution is -0.144. The fourth-order valence-electron chi connectivity index (χ4n) is 8.84. The van der Waals surface area contributed by atoms with Crippen LogP contribution in [0.1, 0.15) is 78.0 Å². The highest BCUT2D eigenvalue weighted by Crippen LogP contribution is 2.71. The molecule has 1 aromatic carbocycles. The minimum absolute atomic E-state index is 0.243. The Hall–Kier alpha value is -1.54. The van der Waals surface area contributed by atoms with Gasteiger partial charge in [0.05, 0.1) is 12.2 Å². The standard InChI is InChI=1S/C28H37NO/c1-17(2)14-19-16-26(3)23-11-10-18-15-21-20-8-6-7-9-22(20)29-25(21)28(18,5)27(23,4)13-12-24(26)30-19/h6-9,14,18-19,23-24,29H,10-13,15-16H2,1-5H3. The zero-order chi connectivity index (χ0) is 20.9. The van der Waals surface area contributed by atoms with Crippen molar-refractivity contribution in [3.63, 3.8) is 0 Å². The van der Waals surface area contributed by atoms with E-state index >= 15 is 0 Å². The van der Waals surface area contributed by atoms with Gasteiger partial charge in [0, 0.05) is 22.0 Å². The number of hydrogen-bond acceptors (Lipinski definition) is 1. The molecule has 7 unspecified atom stereocenters. The van der Waals surface area contributed by atoms with Gasteiger partial charge in [-0.05, 0) is 86.7 Å². The van der Waals surface area contributed by atoms with Gasteiger partial charge >= 0.3 is 0 Å². The molecule has 0 amide bonds. The Kier molecular flexibility index (Phi) is 3.85. The van der Waals surface area contributed by atoms with Gasteiger partial charge in [0.2, 0.25) is 0 Å². The molecule has 0 spiro atoms. The van der Waals surface area contributed by atoms with Crippen LogP contribution in [0.25, 0.3) is 10.9 Å². The molecule has 2 saturated carbocycles. The van der Waals surface area contributed by atoms with Crippen molar-refractivity contribution in [2.45, 2.75) is 90.8 Å². The Morgan fingerprint density at radius 3 is 2.70 bits per heavy atom. The highest BCUT2D eigenvalue weighted by Gasteiger charge is 2.68. The predicted octanol–water partition coefficient (Wildman–Crippen LogP) is 6.94. The maximum Gasteiger partial charge on any atom is 0.0768 e. The number of fused-ring (bicyclic) bond motifs is 9. The highest BCUT2D eigenvalue weighted by molar-refractivity contribution is 5.86. The smallest absolute Gasteiger partial charge is 0.0768 e. The number of nitrogens with one attached hydrogen (secondary N) is 1. The second-order valence-corrected chi connectivity index (χ2v) is 11.8. The van der Waals surface area contributed by atoms with Crippen LogP contribution in [0.15, 0.2) is 35.9 Å². The van der Waals surface area contributed by atoms with E-state index in [4.69, 9.17) is 4.74 Å². The van der Waals surface area contributed by atoms with Gasteiger partial charge in [-0.15, -0.1) is 0 Å². The van der Waals surface area contributed by atoms with Crippen LogP contribution in [0.4, 0.5) is 0 Å². The van der Waals surface area contributed by atoms with E-state index in [1.165, 1.54) is 55.0 Å². The molecule has 3 fully saturated rings. The van der Waals surface area contributed by atoms with E-state index in [9.17, 15) is 0 Å². The molecule has 0 radical (unpaired) electrons. The fourth-order valence-corrected chi connectivity index (χ4v) is 8.84. The zero-order valence-corrected chi connectivity index (χ0v) is 19.3. The number of aromatic amines is 1. The molecule has 1 N–H and O–H groups in total. The number of allylic oxidation sites excluding steroid dienone is 1. The van der Waals surface area contributed by atoms with Crippen LogP contribution in [-0.2, 0) is 16.6 Å². The predicted molar refractivity (Wildman–Crippen MR) is 124 cm³/mol. The summed E-state index contributed by atoms with van der Waals surface area (Å²) in [5.41, 5.74) is 6.79. The summed E-state index contributed by atoms with van der Waals surface area (Å²) < 4.78 is 6.65. The molecular weight excluding hydrogens is 366 g/mol. The van der Waals surface area contributed by atoms with Crippen molar-refractivity contribution in [2.24, 2.45) is 22.7 Å². The van der Waals surface area contributed by atoms with Crippen molar-refractivity contribution in [1.82, 2.24) is 4.98 Å². The van der Waals surface area contributed by atoms with E-state index in [0.717, 1.165) is 11.8 Å². The summed E-state index contributed by atoms with van der Waals surface area (Å²) in [7, 11) is 0. The average Bonchev–Trinajstić information content (AvgIpc) is 3.30. The van der Waals surface area contributed by atoms with Crippen LogP contribution in [0, 0.1) is 22.7 Å². The van der Waals surface area contributed by atoms with Gasteiger partial charge in [-0.2, -0.15) is 0 Å². The van der Waals surface area contributed by atoms with Gasteiger partial charge in [0.25, 0.3) is 0 Å². The molecule has 30 heavy (non-hydrogen) atoms. The van der Waals surface area contributed by atoms with E-state index in [-0.39, 0.29) is 5.41 Å². The third-order valence-corrected chi connectivity index (χ3v) is 10.3. The lowest BCUT2D eigenvalue weighted by Gasteiger charge is -2.64. The maximum absolute atomic E-state index is 6.65. The highest BCUT2D eigenvalue weighted by atomic mass is 16.5. The molecule has 7 atom stereocenters. The molecular formula is C28H37NO. The Labute approximate surface area is 181 Å². The van der Waals surface area contributed by atoms with Crippen LogP contribution in [-0.4, -0.2) is 17.2 Å². The second-order valence-electron chi connectivity index (χ2n) is 11.8. The van der Waals surface area contributed by atoms with Crippen molar-refractivity contribution in [2.75, 3.05) is 0 Å².